The molecular weight excluding hydrogens is 590 g/mol. The van der Waals surface area contributed by atoms with Gasteiger partial charge in [-0.2, -0.15) is 4.31 Å². The third-order valence-corrected chi connectivity index (χ3v) is 11.4. The highest BCUT2D eigenvalue weighted by Crippen LogP contribution is 2.42. The molecule has 0 saturated carbocycles. The van der Waals surface area contributed by atoms with Crippen molar-refractivity contribution in [2.45, 2.75) is 30.8 Å². The average Bonchev–Trinajstić information content (AvgIpc) is 3.50. The molecule has 2 aromatic carbocycles. The van der Waals surface area contributed by atoms with E-state index in [0.29, 0.717) is 42.6 Å². The number of anilines is 1. The van der Waals surface area contributed by atoms with Gasteiger partial charge in [0, 0.05) is 72.9 Å². The second-order valence-electron chi connectivity index (χ2n) is 10.4. The molecule has 2 heterocycles. The number of aryl methyl sites for hydroxylation is 1. The summed E-state index contributed by atoms with van der Waals surface area (Å²) in [6, 6.07) is 14.9. The van der Waals surface area contributed by atoms with E-state index in [-0.39, 0.29) is 17.6 Å². The monoisotopic (exact) mass is 626 g/mol. The van der Waals surface area contributed by atoms with Gasteiger partial charge < -0.3 is 9.80 Å². The molecule has 196 valence electrons. The Hall–Kier alpha value is -1.27. The van der Waals surface area contributed by atoms with Crippen LogP contribution in [-0.2, 0) is 16.4 Å². The number of piperazine rings is 1. The third-order valence-electron chi connectivity index (χ3n) is 8.24. The number of hydrogen-bond acceptors (Lipinski definition) is 5. The smallest absolute Gasteiger partial charge is 0.214 e. The lowest BCUT2D eigenvalue weighted by Crippen LogP contribution is -2.49. The molecule has 2 saturated heterocycles. The maximum absolute atomic E-state index is 14.7. The summed E-state index contributed by atoms with van der Waals surface area (Å²) in [5.41, 5.74) is 4.53. The highest BCUT2D eigenvalue weighted by molar-refractivity contribution is 14.1. The van der Waals surface area contributed by atoms with Crippen LogP contribution in [0.25, 0.3) is 0 Å². The minimum absolute atomic E-state index is 0.0635. The van der Waals surface area contributed by atoms with Gasteiger partial charge in [0.2, 0.25) is 10.0 Å². The van der Waals surface area contributed by atoms with E-state index < -0.39 is 10.0 Å². The molecule has 9 heteroatoms. The van der Waals surface area contributed by atoms with E-state index in [1.54, 1.807) is 10.4 Å². The predicted molar refractivity (Wildman–Crippen MR) is 152 cm³/mol. The Morgan fingerprint density at radius 1 is 1.03 bits per heavy atom. The van der Waals surface area contributed by atoms with Crippen LogP contribution in [-0.4, -0.2) is 92.1 Å². The number of likely N-dealkylation sites (N-methyl/N-ethyl adjacent to an activating group) is 1. The molecule has 0 radical (unpaired) electrons. The van der Waals surface area contributed by atoms with E-state index in [9.17, 15) is 12.8 Å². The molecule has 2 aliphatic heterocycles. The molecule has 0 bridgehead atoms. The molecule has 0 N–H and O–H groups in total. The van der Waals surface area contributed by atoms with Gasteiger partial charge in [-0.05, 0) is 56.3 Å². The summed E-state index contributed by atoms with van der Waals surface area (Å²) in [6.45, 7) is 4.37. The van der Waals surface area contributed by atoms with Crippen LogP contribution in [0.2, 0.25) is 0 Å². The van der Waals surface area contributed by atoms with Crippen molar-refractivity contribution in [1.29, 1.82) is 0 Å². The first-order valence-electron chi connectivity index (χ1n) is 12.8. The van der Waals surface area contributed by atoms with E-state index in [1.807, 2.05) is 6.07 Å². The average molecular weight is 627 g/mol. The molecule has 6 nitrogen and oxygen atoms in total. The van der Waals surface area contributed by atoms with Crippen molar-refractivity contribution in [2.24, 2.45) is 0 Å². The molecule has 1 unspecified atom stereocenters. The standard InChI is InChI=1S/C27H36FIN4O2S/c1-30(2)26-19-32(25-11-8-21-4-3-5-24(28)27(21)25)18-23(26)20-6-9-22(10-7-20)31-13-15-33(16-14-31)36(34,35)17-12-29/h3-7,9-10,23,25-26H,8,11-19H2,1-2H3/t23-,25?,26+/m1/s1. The Bertz CT molecular complexity index is 1170. The molecule has 2 fully saturated rings. The van der Waals surface area contributed by atoms with Crippen LogP contribution < -0.4 is 4.90 Å². The molecule has 0 aromatic heterocycles. The summed E-state index contributed by atoms with van der Waals surface area (Å²) < 4.78 is 41.8. The molecule has 5 rings (SSSR count). The largest absolute Gasteiger partial charge is 0.369 e. The predicted octanol–water partition coefficient (Wildman–Crippen LogP) is 3.73. The Labute approximate surface area is 228 Å². The van der Waals surface area contributed by atoms with Crippen LogP contribution in [0.1, 0.15) is 35.1 Å². The molecule has 36 heavy (non-hydrogen) atoms. The zero-order valence-electron chi connectivity index (χ0n) is 21.1. The van der Waals surface area contributed by atoms with Crippen LogP contribution in [0.5, 0.6) is 0 Å². The lowest BCUT2D eigenvalue weighted by Gasteiger charge is -2.35. The SMILES string of the molecule is CN(C)[C@H]1CN(C2CCc3cccc(F)c32)C[C@@H]1c1ccc(N2CCN(S(=O)(=O)CCI)CC2)cc1. The normalized spacial score (nSPS) is 25.6. The lowest BCUT2D eigenvalue weighted by molar-refractivity contribution is 0.213. The van der Waals surface area contributed by atoms with Crippen LogP contribution in [0.4, 0.5) is 10.1 Å². The molecule has 3 atom stereocenters. The van der Waals surface area contributed by atoms with Crippen LogP contribution >= 0.6 is 22.6 Å². The van der Waals surface area contributed by atoms with Gasteiger partial charge in [0.05, 0.1) is 5.75 Å². The molecule has 3 aliphatic rings. The zero-order chi connectivity index (χ0) is 25.4. The van der Waals surface area contributed by atoms with Crippen LogP contribution in [0, 0.1) is 5.82 Å². The van der Waals surface area contributed by atoms with E-state index in [0.717, 1.165) is 42.7 Å². The van der Waals surface area contributed by atoms with Gasteiger partial charge in [-0.25, -0.2) is 12.8 Å². The minimum Gasteiger partial charge on any atom is -0.369 e. The van der Waals surface area contributed by atoms with Gasteiger partial charge in [-0.1, -0.05) is 46.9 Å². The highest BCUT2D eigenvalue weighted by atomic mass is 127. The topological polar surface area (TPSA) is 47.1 Å². The third kappa shape index (κ3) is 5.18. The second kappa shape index (κ2) is 10.8. The fraction of sp³-hybridized carbons (Fsp3) is 0.556. The van der Waals surface area contributed by atoms with Gasteiger partial charge >= 0.3 is 0 Å². The van der Waals surface area contributed by atoms with E-state index >= 15 is 0 Å². The van der Waals surface area contributed by atoms with Crippen LogP contribution in [0.3, 0.4) is 0 Å². The first-order valence-corrected chi connectivity index (χ1v) is 16.0. The van der Waals surface area contributed by atoms with Crippen molar-refractivity contribution in [2.75, 3.05) is 68.4 Å². The number of benzene rings is 2. The Balaban J connectivity index is 1.28. The van der Waals surface area contributed by atoms with E-state index in [1.165, 1.54) is 5.56 Å². The fourth-order valence-corrected chi connectivity index (χ4v) is 9.12. The molecular formula is C27H36FIN4O2S. The molecule has 0 spiro atoms. The first kappa shape index (κ1) is 26.3. The highest BCUT2D eigenvalue weighted by Gasteiger charge is 2.41. The number of rotatable bonds is 7. The Morgan fingerprint density at radius 3 is 2.42 bits per heavy atom. The number of nitrogens with zero attached hydrogens (tertiary/aromatic N) is 4. The summed E-state index contributed by atoms with van der Waals surface area (Å²) in [6.07, 6.45) is 1.94. The Morgan fingerprint density at radius 2 is 1.75 bits per heavy atom. The van der Waals surface area contributed by atoms with Crippen molar-refractivity contribution >= 4 is 38.3 Å². The number of fused-ring (bicyclic) bond motifs is 1. The van der Waals surface area contributed by atoms with Gasteiger partial charge in [-0.3, -0.25) is 4.90 Å². The maximum atomic E-state index is 14.7. The summed E-state index contributed by atoms with van der Waals surface area (Å²) >= 11 is 2.12. The quantitative estimate of drug-likeness (QED) is 0.347. The van der Waals surface area contributed by atoms with Gasteiger partial charge in [0.15, 0.2) is 0 Å². The summed E-state index contributed by atoms with van der Waals surface area (Å²) in [4.78, 5) is 7.08. The number of halogens is 2. The molecule has 0 amide bonds. The maximum Gasteiger partial charge on any atom is 0.214 e. The van der Waals surface area contributed by atoms with E-state index in [2.05, 4.69) is 81.7 Å². The van der Waals surface area contributed by atoms with Gasteiger partial charge in [0.25, 0.3) is 0 Å². The summed E-state index contributed by atoms with van der Waals surface area (Å²) in [7, 11) is 1.15. The lowest BCUT2D eigenvalue weighted by atomic mass is 9.93. The van der Waals surface area contributed by atoms with E-state index in [4.69, 9.17) is 0 Å². The van der Waals surface area contributed by atoms with Crippen molar-refractivity contribution in [3.05, 3.63) is 65.0 Å². The van der Waals surface area contributed by atoms with Crippen molar-refractivity contribution in [1.82, 2.24) is 14.1 Å². The zero-order valence-corrected chi connectivity index (χ0v) is 24.1. The van der Waals surface area contributed by atoms with Crippen molar-refractivity contribution in [3.8, 4) is 0 Å². The number of alkyl halides is 1. The number of sulfonamides is 1. The van der Waals surface area contributed by atoms with Gasteiger partial charge in [-0.15, -0.1) is 0 Å². The molecule has 2 aromatic rings. The number of likely N-dealkylation sites (tertiary alicyclic amines) is 1. The number of hydrogen-bond donors (Lipinski definition) is 0. The van der Waals surface area contributed by atoms with Crippen LogP contribution in [0.15, 0.2) is 42.5 Å². The summed E-state index contributed by atoms with van der Waals surface area (Å²) in [5.74, 6) is 0.513. The Kier molecular flexibility index (Phi) is 7.93. The molecule has 1 aliphatic carbocycles. The minimum atomic E-state index is -3.14. The fourth-order valence-electron chi connectivity index (χ4n) is 6.28. The van der Waals surface area contributed by atoms with Crippen molar-refractivity contribution in [3.63, 3.8) is 0 Å². The second-order valence-corrected chi connectivity index (χ2v) is 13.6. The van der Waals surface area contributed by atoms with Gasteiger partial charge in [0.1, 0.15) is 5.82 Å². The first-order chi connectivity index (χ1) is 17.3. The summed E-state index contributed by atoms with van der Waals surface area (Å²) in [5, 5.41) is 0. The van der Waals surface area contributed by atoms with Crippen molar-refractivity contribution < 1.29 is 12.8 Å².